The number of nitrogens with one attached hydrogen (secondary N) is 2. The van der Waals surface area contributed by atoms with Crippen molar-refractivity contribution in [3.8, 4) is 0 Å². The van der Waals surface area contributed by atoms with Crippen molar-refractivity contribution in [1.29, 1.82) is 0 Å². The van der Waals surface area contributed by atoms with Gasteiger partial charge in [0.05, 0.1) is 13.2 Å². The quantitative estimate of drug-likeness (QED) is 0.0681. The van der Waals surface area contributed by atoms with E-state index in [1.165, 1.54) is 35.7 Å². The summed E-state index contributed by atoms with van der Waals surface area (Å²) in [6.07, 6.45) is 1.45. The number of carboxylic acids is 1. The van der Waals surface area contributed by atoms with Crippen LogP contribution in [0.3, 0.4) is 0 Å². The molecule has 4 heterocycles. The highest BCUT2D eigenvalue weighted by molar-refractivity contribution is 8.02. The van der Waals surface area contributed by atoms with E-state index in [-0.39, 0.29) is 39.7 Å². The summed E-state index contributed by atoms with van der Waals surface area (Å²) < 4.78 is 0.985. The molecule has 206 valence electrons. The topological polar surface area (TPSA) is 235 Å². The first-order valence-corrected chi connectivity index (χ1v) is 13.7. The maximum Gasteiger partial charge on any atom is 0.352 e. The number of aromatic nitrogens is 4. The summed E-state index contributed by atoms with van der Waals surface area (Å²) in [5.74, 6) is -2.54. The highest BCUT2D eigenvalue weighted by atomic mass is 32.2. The van der Waals surface area contributed by atoms with Crippen LogP contribution in [0.4, 0.5) is 5.13 Å². The Bertz CT molecular complexity index is 1530. The fourth-order valence-corrected chi connectivity index (χ4v) is 6.27. The zero-order chi connectivity index (χ0) is 28.3. The molecule has 0 aromatic carbocycles. The van der Waals surface area contributed by atoms with Gasteiger partial charge < -0.3 is 26.1 Å². The molecule has 2 aromatic rings. The van der Waals surface area contributed by atoms with Crippen LogP contribution in [0.15, 0.2) is 48.0 Å². The largest absolute Gasteiger partial charge is 0.477 e. The van der Waals surface area contributed by atoms with E-state index in [0.29, 0.717) is 5.57 Å². The third kappa shape index (κ3) is 5.60. The molecule has 16 nitrogen and oxygen atoms in total. The molecular weight excluding hydrogens is 576 g/mol. The van der Waals surface area contributed by atoms with Crippen molar-refractivity contribution in [2.24, 2.45) is 5.16 Å². The highest BCUT2D eigenvalue weighted by Crippen LogP contribution is 2.41. The van der Waals surface area contributed by atoms with Crippen LogP contribution in [0.25, 0.3) is 0 Å². The Labute approximate surface area is 230 Å². The zero-order valence-corrected chi connectivity index (χ0v) is 22.3. The van der Waals surface area contributed by atoms with Gasteiger partial charge in [-0.25, -0.2) is 14.9 Å². The summed E-state index contributed by atoms with van der Waals surface area (Å²) in [7, 11) is 1.24. The Hall–Kier alpha value is -3.94. The second kappa shape index (κ2) is 11.8. The number of nitrogen functional groups attached to an aromatic ring is 1. The summed E-state index contributed by atoms with van der Waals surface area (Å²) in [5.41, 5.74) is 3.79. The monoisotopic (exact) mass is 596 g/mol. The van der Waals surface area contributed by atoms with Gasteiger partial charge in [0.1, 0.15) is 29.9 Å². The number of nitrogens with two attached hydrogens (primary N) is 1. The van der Waals surface area contributed by atoms with Gasteiger partial charge in [-0.3, -0.25) is 28.6 Å². The first kappa shape index (κ1) is 28.1. The van der Waals surface area contributed by atoms with Gasteiger partial charge in [-0.05, 0) is 17.1 Å². The van der Waals surface area contributed by atoms with E-state index in [1.54, 1.807) is 0 Å². The summed E-state index contributed by atoms with van der Waals surface area (Å²) in [6.45, 7) is -0.561. The fraction of sp³-hybridized carbons (Fsp3) is 0.300. The van der Waals surface area contributed by atoms with Crippen LogP contribution < -0.4 is 22.2 Å². The normalized spacial score (nSPS) is 19.2. The van der Waals surface area contributed by atoms with Crippen LogP contribution in [-0.4, -0.2) is 89.2 Å². The van der Waals surface area contributed by atoms with Crippen molar-refractivity contribution in [1.82, 2.24) is 30.0 Å². The number of thiazole rings is 1. The van der Waals surface area contributed by atoms with Gasteiger partial charge in [-0.1, -0.05) is 16.9 Å². The standard InChI is InChI=1S/C20H20N8O8S3/c1-36-26-10(9-7-39-19(21)22-9)13(30)23-11-15(32)28-12(18(34)35)8(6-38-17(11)28)2-5-37-20-25-24-14(31)16(33)27(20)3-4-29/h2,5,7,11,17,29H,3-4,6H2,1H3,(H2,21,22)(H,23,30)(H,24,31)(H,34,35)/b5-2+,26-10-. The van der Waals surface area contributed by atoms with Crippen LogP contribution >= 0.6 is 34.9 Å². The van der Waals surface area contributed by atoms with E-state index in [0.717, 1.165) is 32.6 Å². The van der Waals surface area contributed by atoms with Crippen LogP contribution in [0, 0.1) is 0 Å². The number of nitrogens with zero attached hydrogens (tertiary/aromatic N) is 5. The number of carboxylic acid groups (broad SMARTS) is 1. The highest BCUT2D eigenvalue weighted by Gasteiger charge is 2.54. The Balaban J connectivity index is 1.52. The van der Waals surface area contributed by atoms with Gasteiger partial charge in [0, 0.05) is 11.1 Å². The van der Waals surface area contributed by atoms with Crippen LogP contribution in [0.5, 0.6) is 0 Å². The molecule has 2 aliphatic heterocycles. The number of hydrogen-bond acceptors (Lipinski definition) is 14. The number of allylic oxidation sites excluding steroid dienone is 1. The number of aliphatic hydroxyl groups excluding tert-OH is 1. The SMILES string of the molecule is CO/N=C(\C(=O)NC1C(=O)N2C(C(=O)O)=C(/C=C/Sc3n[nH]c(=O)c(=O)n3CCO)CSC12)c1csc(N)n1. The number of carbonyl (C=O) groups is 3. The van der Waals surface area contributed by atoms with Crippen molar-refractivity contribution in [2.75, 3.05) is 25.2 Å². The number of aromatic amines is 1. The van der Waals surface area contributed by atoms with Crippen LogP contribution in [0.1, 0.15) is 5.69 Å². The minimum atomic E-state index is -1.35. The van der Waals surface area contributed by atoms with Gasteiger partial charge in [0.15, 0.2) is 16.0 Å². The lowest BCUT2D eigenvalue weighted by molar-refractivity contribution is -0.150. The molecule has 2 aromatic heterocycles. The molecule has 2 atom stereocenters. The lowest BCUT2D eigenvalue weighted by Crippen LogP contribution is -2.71. The Morgan fingerprint density at radius 2 is 2.18 bits per heavy atom. The summed E-state index contributed by atoms with van der Waals surface area (Å²) >= 11 is 3.23. The molecule has 6 N–H and O–H groups in total. The number of aliphatic carboxylic acids is 1. The average Bonchev–Trinajstić information content (AvgIpc) is 3.34. The van der Waals surface area contributed by atoms with E-state index in [2.05, 4.69) is 25.7 Å². The first-order valence-electron chi connectivity index (χ1n) is 10.9. The molecular formula is C20H20N8O8S3. The molecule has 39 heavy (non-hydrogen) atoms. The molecule has 0 aliphatic carbocycles. The first-order chi connectivity index (χ1) is 18.7. The van der Waals surface area contributed by atoms with Crippen molar-refractivity contribution < 1.29 is 29.4 Å². The number of oxime groups is 1. The number of thioether (sulfide) groups is 2. The third-order valence-electron chi connectivity index (χ3n) is 5.34. The molecule has 1 fully saturated rings. The predicted octanol–water partition coefficient (Wildman–Crippen LogP) is -1.64. The molecule has 0 bridgehead atoms. The van der Waals surface area contributed by atoms with Gasteiger partial charge in [0.25, 0.3) is 11.8 Å². The molecule has 2 amide bonds. The maximum absolute atomic E-state index is 13.0. The summed E-state index contributed by atoms with van der Waals surface area (Å²) in [5, 5.41) is 33.7. The molecule has 1 saturated heterocycles. The molecule has 0 saturated carbocycles. The number of H-pyrrole nitrogens is 1. The Kier molecular flexibility index (Phi) is 8.53. The Morgan fingerprint density at radius 1 is 1.41 bits per heavy atom. The Morgan fingerprint density at radius 3 is 2.82 bits per heavy atom. The number of amides is 2. The van der Waals surface area contributed by atoms with Crippen molar-refractivity contribution in [2.45, 2.75) is 23.1 Å². The summed E-state index contributed by atoms with van der Waals surface area (Å²) in [6, 6.07) is -1.02. The van der Waals surface area contributed by atoms with E-state index in [9.17, 15) is 34.2 Å². The third-order valence-corrected chi connectivity index (χ3v) is 8.11. The second-order valence-electron chi connectivity index (χ2n) is 7.67. The van der Waals surface area contributed by atoms with Gasteiger partial charge in [-0.15, -0.1) is 28.2 Å². The molecule has 0 radical (unpaired) electrons. The summed E-state index contributed by atoms with van der Waals surface area (Å²) in [4.78, 5) is 71.3. The van der Waals surface area contributed by atoms with Crippen molar-refractivity contribution >= 4 is 63.5 Å². The molecule has 2 aliphatic rings. The number of fused-ring (bicyclic) bond motifs is 1. The van der Waals surface area contributed by atoms with E-state index >= 15 is 0 Å². The molecule has 19 heteroatoms. The molecule has 0 spiro atoms. The van der Waals surface area contributed by atoms with Crippen molar-refractivity contribution in [3.05, 3.63) is 54.5 Å². The number of anilines is 1. The zero-order valence-electron chi connectivity index (χ0n) is 19.9. The average molecular weight is 597 g/mol. The van der Waals surface area contributed by atoms with Crippen LogP contribution in [-0.2, 0) is 25.8 Å². The van der Waals surface area contributed by atoms with Crippen LogP contribution in [0.2, 0.25) is 0 Å². The smallest absolute Gasteiger partial charge is 0.352 e. The second-order valence-corrected chi connectivity index (χ2v) is 10.5. The molecule has 2 unspecified atom stereocenters. The number of hydrogen-bond donors (Lipinski definition) is 5. The number of β-lactam (4-membered cyclic amide) rings is 1. The fourth-order valence-electron chi connectivity index (χ4n) is 3.65. The van der Waals surface area contributed by atoms with Gasteiger partial charge >= 0.3 is 17.1 Å². The van der Waals surface area contributed by atoms with Crippen molar-refractivity contribution in [3.63, 3.8) is 0 Å². The number of rotatable bonds is 10. The van der Waals surface area contributed by atoms with Gasteiger partial charge in [-0.2, -0.15) is 0 Å². The van der Waals surface area contributed by atoms with E-state index in [1.807, 2.05) is 0 Å². The predicted molar refractivity (Wildman–Crippen MR) is 141 cm³/mol. The van der Waals surface area contributed by atoms with Gasteiger partial charge in [0.2, 0.25) is 0 Å². The lowest BCUT2D eigenvalue weighted by Gasteiger charge is -2.49. The minimum absolute atomic E-state index is 0.0712. The van der Waals surface area contributed by atoms with E-state index < -0.39 is 46.9 Å². The number of aliphatic hydroxyl groups is 1. The number of carbonyl (C=O) groups excluding carboxylic acids is 2. The maximum atomic E-state index is 13.0. The minimum Gasteiger partial charge on any atom is -0.477 e. The molecule has 4 rings (SSSR count). The van der Waals surface area contributed by atoms with E-state index in [4.69, 9.17) is 10.6 Å². The lowest BCUT2D eigenvalue weighted by atomic mass is 10.0.